The van der Waals surface area contributed by atoms with Crippen LogP contribution in [0.5, 0.6) is 0 Å². The largest absolute Gasteiger partial charge is 0.313 e. The second-order valence-electron chi connectivity index (χ2n) is 4.34. The van der Waals surface area contributed by atoms with E-state index in [2.05, 4.69) is 58.6 Å². The highest BCUT2D eigenvalue weighted by Crippen LogP contribution is 2.23. The standard InChI is InChI=1S/C14H18BrN/c1-16-14(12-4-2-3-5-12)10-11-6-8-13(15)9-7-11/h4,6-9,14,16H,2-3,5,10H2,1H3. The number of benzene rings is 1. The zero-order chi connectivity index (χ0) is 11.4. The van der Waals surface area contributed by atoms with Crippen molar-refractivity contribution in [1.82, 2.24) is 5.32 Å². The fourth-order valence-electron chi connectivity index (χ4n) is 2.29. The van der Waals surface area contributed by atoms with Gasteiger partial charge in [0.25, 0.3) is 0 Å². The van der Waals surface area contributed by atoms with E-state index in [0.717, 1.165) is 10.9 Å². The molecule has 1 atom stereocenters. The molecule has 1 aromatic carbocycles. The predicted octanol–water partition coefficient (Wildman–Crippen LogP) is 3.69. The van der Waals surface area contributed by atoms with Crippen molar-refractivity contribution in [2.24, 2.45) is 0 Å². The van der Waals surface area contributed by atoms with E-state index in [4.69, 9.17) is 0 Å². The Morgan fingerprint density at radius 2 is 2.06 bits per heavy atom. The molecular formula is C14H18BrN. The molecule has 0 saturated carbocycles. The van der Waals surface area contributed by atoms with E-state index in [1.54, 1.807) is 5.57 Å². The third kappa shape index (κ3) is 2.96. The lowest BCUT2D eigenvalue weighted by Gasteiger charge is -2.17. The van der Waals surface area contributed by atoms with Crippen LogP contribution in [0.15, 0.2) is 40.4 Å². The first-order valence-corrected chi connectivity index (χ1v) is 6.69. The summed E-state index contributed by atoms with van der Waals surface area (Å²) in [5.41, 5.74) is 2.99. The minimum absolute atomic E-state index is 0.517. The minimum Gasteiger partial charge on any atom is -0.313 e. The second kappa shape index (κ2) is 5.65. The topological polar surface area (TPSA) is 12.0 Å². The molecule has 86 valence electrons. The van der Waals surface area contributed by atoms with Crippen LogP contribution in [0.1, 0.15) is 24.8 Å². The van der Waals surface area contributed by atoms with Gasteiger partial charge in [-0.15, -0.1) is 0 Å². The summed E-state index contributed by atoms with van der Waals surface area (Å²) < 4.78 is 1.15. The lowest BCUT2D eigenvalue weighted by Crippen LogP contribution is -2.29. The van der Waals surface area contributed by atoms with E-state index >= 15 is 0 Å². The van der Waals surface area contributed by atoms with Gasteiger partial charge in [-0.05, 0) is 50.4 Å². The van der Waals surface area contributed by atoms with Gasteiger partial charge in [-0.2, -0.15) is 0 Å². The molecule has 0 aliphatic heterocycles. The van der Waals surface area contributed by atoms with E-state index in [9.17, 15) is 0 Å². The van der Waals surface area contributed by atoms with Crippen molar-refractivity contribution in [3.8, 4) is 0 Å². The van der Waals surface area contributed by atoms with Crippen LogP contribution < -0.4 is 5.32 Å². The van der Waals surface area contributed by atoms with Crippen molar-refractivity contribution < 1.29 is 0 Å². The number of rotatable bonds is 4. The van der Waals surface area contributed by atoms with Gasteiger partial charge in [-0.1, -0.05) is 39.7 Å². The summed E-state index contributed by atoms with van der Waals surface area (Å²) in [5, 5.41) is 3.43. The quantitative estimate of drug-likeness (QED) is 0.829. The molecule has 1 nitrogen and oxygen atoms in total. The molecule has 0 fully saturated rings. The fourth-order valence-corrected chi connectivity index (χ4v) is 2.55. The normalized spacial score (nSPS) is 17.2. The molecule has 0 saturated heterocycles. The maximum absolute atomic E-state index is 3.47. The zero-order valence-corrected chi connectivity index (χ0v) is 11.3. The number of allylic oxidation sites excluding steroid dienone is 1. The smallest absolute Gasteiger partial charge is 0.0317 e. The first-order valence-electron chi connectivity index (χ1n) is 5.90. The highest BCUT2D eigenvalue weighted by molar-refractivity contribution is 9.10. The summed E-state index contributed by atoms with van der Waals surface area (Å²) in [7, 11) is 2.06. The average Bonchev–Trinajstić information content (AvgIpc) is 2.82. The molecule has 1 aliphatic carbocycles. The Morgan fingerprint density at radius 3 is 2.62 bits per heavy atom. The summed E-state index contributed by atoms with van der Waals surface area (Å²) in [6.45, 7) is 0. The highest BCUT2D eigenvalue weighted by Gasteiger charge is 2.15. The first kappa shape index (κ1) is 11.9. The summed E-state index contributed by atoms with van der Waals surface area (Å²) in [6, 6.07) is 9.15. The lowest BCUT2D eigenvalue weighted by atomic mass is 9.98. The molecule has 16 heavy (non-hydrogen) atoms. The third-order valence-electron chi connectivity index (χ3n) is 3.23. The van der Waals surface area contributed by atoms with Gasteiger partial charge < -0.3 is 5.32 Å². The predicted molar refractivity (Wildman–Crippen MR) is 72.6 cm³/mol. The van der Waals surface area contributed by atoms with Gasteiger partial charge in [-0.25, -0.2) is 0 Å². The van der Waals surface area contributed by atoms with Gasteiger partial charge >= 0.3 is 0 Å². The van der Waals surface area contributed by atoms with Gasteiger partial charge in [0.2, 0.25) is 0 Å². The van der Waals surface area contributed by atoms with E-state index in [1.807, 2.05) is 0 Å². The Labute approximate surface area is 106 Å². The number of halogens is 1. The Kier molecular flexibility index (Phi) is 4.19. The summed E-state index contributed by atoms with van der Waals surface area (Å²) in [4.78, 5) is 0. The SMILES string of the molecule is CNC(Cc1ccc(Br)cc1)C1=CCCC1. The average molecular weight is 280 g/mol. The number of likely N-dealkylation sites (N-methyl/N-ethyl adjacent to an activating group) is 1. The van der Waals surface area contributed by atoms with Gasteiger partial charge in [0.15, 0.2) is 0 Å². The molecule has 0 spiro atoms. The zero-order valence-electron chi connectivity index (χ0n) is 9.67. The van der Waals surface area contributed by atoms with Crippen LogP contribution in [0.3, 0.4) is 0 Å². The van der Waals surface area contributed by atoms with Crippen molar-refractivity contribution in [2.45, 2.75) is 31.7 Å². The van der Waals surface area contributed by atoms with Crippen LogP contribution in [-0.2, 0) is 6.42 Å². The molecule has 1 aliphatic rings. The van der Waals surface area contributed by atoms with E-state index in [0.29, 0.717) is 6.04 Å². The first-order chi connectivity index (χ1) is 7.79. The van der Waals surface area contributed by atoms with Crippen LogP contribution in [0.4, 0.5) is 0 Å². The van der Waals surface area contributed by atoms with E-state index < -0.39 is 0 Å². The summed E-state index contributed by atoms with van der Waals surface area (Å²) >= 11 is 3.47. The van der Waals surface area contributed by atoms with E-state index in [-0.39, 0.29) is 0 Å². The third-order valence-corrected chi connectivity index (χ3v) is 3.75. The fraction of sp³-hybridized carbons (Fsp3) is 0.429. The summed E-state index contributed by atoms with van der Waals surface area (Å²) in [6.07, 6.45) is 7.35. The molecule has 1 N–H and O–H groups in total. The lowest BCUT2D eigenvalue weighted by molar-refractivity contribution is 0.615. The van der Waals surface area contributed by atoms with Crippen molar-refractivity contribution in [3.05, 3.63) is 46.0 Å². The van der Waals surface area contributed by atoms with Crippen LogP contribution in [0, 0.1) is 0 Å². The van der Waals surface area contributed by atoms with Crippen molar-refractivity contribution in [1.29, 1.82) is 0 Å². The Balaban J connectivity index is 2.03. The monoisotopic (exact) mass is 279 g/mol. The van der Waals surface area contributed by atoms with Gasteiger partial charge in [0.1, 0.15) is 0 Å². The molecule has 0 bridgehead atoms. The van der Waals surface area contributed by atoms with Crippen LogP contribution >= 0.6 is 15.9 Å². The molecule has 0 radical (unpaired) electrons. The number of hydrogen-bond donors (Lipinski definition) is 1. The molecule has 0 amide bonds. The molecular weight excluding hydrogens is 262 g/mol. The van der Waals surface area contributed by atoms with Gasteiger partial charge in [0, 0.05) is 10.5 Å². The van der Waals surface area contributed by atoms with Crippen molar-refractivity contribution in [2.75, 3.05) is 7.05 Å². The summed E-state index contributed by atoms with van der Waals surface area (Å²) in [5.74, 6) is 0. The Morgan fingerprint density at radius 1 is 1.31 bits per heavy atom. The molecule has 2 heteroatoms. The van der Waals surface area contributed by atoms with Crippen LogP contribution in [-0.4, -0.2) is 13.1 Å². The van der Waals surface area contributed by atoms with Crippen molar-refractivity contribution >= 4 is 15.9 Å². The molecule has 2 rings (SSSR count). The highest BCUT2D eigenvalue weighted by atomic mass is 79.9. The van der Waals surface area contributed by atoms with Crippen molar-refractivity contribution in [3.63, 3.8) is 0 Å². The maximum Gasteiger partial charge on any atom is 0.0317 e. The van der Waals surface area contributed by atoms with Gasteiger partial charge in [-0.3, -0.25) is 0 Å². The van der Waals surface area contributed by atoms with Gasteiger partial charge in [0.05, 0.1) is 0 Å². The minimum atomic E-state index is 0.517. The Bertz CT molecular complexity index is 367. The Hall–Kier alpha value is -0.600. The molecule has 0 aromatic heterocycles. The van der Waals surface area contributed by atoms with Crippen LogP contribution in [0.25, 0.3) is 0 Å². The van der Waals surface area contributed by atoms with Crippen LogP contribution in [0.2, 0.25) is 0 Å². The molecule has 1 aromatic rings. The molecule has 0 heterocycles. The second-order valence-corrected chi connectivity index (χ2v) is 5.26. The number of hydrogen-bond acceptors (Lipinski definition) is 1. The number of nitrogens with one attached hydrogen (secondary N) is 1. The molecule has 1 unspecified atom stereocenters. The maximum atomic E-state index is 3.47. The van der Waals surface area contributed by atoms with E-state index in [1.165, 1.54) is 24.8 Å².